The van der Waals surface area contributed by atoms with Gasteiger partial charge < -0.3 is 0 Å². The van der Waals surface area contributed by atoms with Gasteiger partial charge in [0.05, 0.1) is 16.3 Å². The lowest BCUT2D eigenvalue weighted by atomic mass is 10.2. The maximum atomic E-state index is 12.3. The smallest absolute Gasteiger partial charge is 0.267 e. The van der Waals surface area contributed by atoms with Crippen LogP contribution in [0.2, 0.25) is 5.02 Å². The molecule has 106 valence electrons. The molecule has 1 amide bonds. The topological polar surface area (TPSA) is 76.1 Å². The van der Waals surface area contributed by atoms with Gasteiger partial charge in [-0.2, -0.15) is 4.37 Å². The van der Waals surface area contributed by atoms with Crippen LogP contribution in [-0.2, 0) is 10.0 Å². The Morgan fingerprint density at radius 3 is 2.60 bits per heavy atom. The number of nitrogens with zero attached hydrogens (tertiary/aromatic N) is 1. The number of rotatable bonds is 3. The summed E-state index contributed by atoms with van der Waals surface area (Å²) in [5, 5.41) is 1.57. The molecule has 0 aliphatic carbocycles. The van der Waals surface area contributed by atoms with Crippen LogP contribution in [0.1, 0.15) is 21.6 Å². The van der Waals surface area contributed by atoms with E-state index in [4.69, 9.17) is 11.6 Å². The molecule has 2 aromatic rings. The van der Waals surface area contributed by atoms with E-state index in [2.05, 4.69) is 4.37 Å². The van der Waals surface area contributed by atoms with Gasteiger partial charge in [0.25, 0.3) is 15.9 Å². The molecule has 0 spiro atoms. The molecule has 1 heterocycles. The fraction of sp³-hybridized carbons (Fsp3) is 0.167. The van der Waals surface area contributed by atoms with Crippen LogP contribution in [0.25, 0.3) is 0 Å². The number of halogens is 1. The number of aromatic nitrogens is 1. The van der Waals surface area contributed by atoms with Crippen molar-refractivity contribution < 1.29 is 13.2 Å². The van der Waals surface area contributed by atoms with Gasteiger partial charge >= 0.3 is 0 Å². The zero-order valence-corrected chi connectivity index (χ0v) is 13.1. The van der Waals surface area contributed by atoms with Crippen molar-refractivity contribution in [1.82, 2.24) is 9.10 Å². The van der Waals surface area contributed by atoms with Crippen LogP contribution in [0.5, 0.6) is 0 Å². The summed E-state index contributed by atoms with van der Waals surface area (Å²) < 4.78 is 30.5. The lowest BCUT2D eigenvalue weighted by molar-refractivity contribution is 0.0981. The van der Waals surface area contributed by atoms with Crippen molar-refractivity contribution in [2.75, 3.05) is 0 Å². The Balaban J connectivity index is 2.38. The first kappa shape index (κ1) is 15.0. The second kappa shape index (κ2) is 5.51. The summed E-state index contributed by atoms with van der Waals surface area (Å²) in [6, 6.07) is 4.72. The van der Waals surface area contributed by atoms with Gasteiger partial charge in [0.1, 0.15) is 4.90 Å². The molecule has 0 unspecified atom stereocenters. The van der Waals surface area contributed by atoms with Crippen molar-refractivity contribution >= 4 is 39.1 Å². The van der Waals surface area contributed by atoms with Gasteiger partial charge in [0.15, 0.2) is 0 Å². The Bertz CT molecular complexity index is 749. The monoisotopic (exact) mass is 330 g/mol. The number of aryl methyl sites for hydroxylation is 2. The van der Waals surface area contributed by atoms with Crippen molar-refractivity contribution in [2.45, 2.75) is 18.7 Å². The van der Waals surface area contributed by atoms with Crippen LogP contribution in [-0.4, -0.2) is 18.7 Å². The van der Waals surface area contributed by atoms with Gasteiger partial charge in [0, 0.05) is 5.38 Å². The van der Waals surface area contributed by atoms with Crippen molar-refractivity contribution in [3.05, 3.63) is 45.4 Å². The van der Waals surface area contributed by atoms with Crippen LogP contribution in [0.3, 0.4) is 0 Å². The largest absolute Gasteiger partial charge is 0.268 e. The average molecular weight is 331 g/mol. The number of benzene rings is 1. The van der Waals surface area contributed by atoms with Crippen LogP contribution >= 0.6 is 23.1 Å². The Morgan fingerprint density at radius 2 is 2.05 bits per heavy atom. The minimum atomic E-state index is -4.02. The molecule has 1 N–H and O–H groups in total. The molecule has 0 bridgehead atoms. The third-order valence-electron chi connectivity index (χ3n) is 2.65. The molecule has 1 aromatic heterocycles. The average Bonchev–Trinajstić information content (AvgIpc) is 2.74. The second-order valence-corrected chi connectivity index (χ2v) is 6.79. The molecule has 0 saturated carbocycles. The molecular formula is C12H11ClN2O3S2. The van der Waals surface area contributed by atoms with E-state index in [-0.39, 0.29) is 15.5 Å². The highest BCUT2D eigenvalue weighted by Crippen LogP contribution is 2.24. The number of nitrogens with one attached hydrogen (secondary N) is 1. The third kappa shape index (κ3) is 2.84. The summed E-state index contributed by atoms with van der Waals surface area (Å²) in [4.78, 5) is 11.9. The Morgan fingerprint density at radius 1 is 1.35 bits per heavy atom. The molecule has 0 aliphatic heterocycles. The Kier molecular flexibility index (Phi) is 4.12. The quantitative estimate of drug-likeness (QED) is 0.938. The molecule has 8 heteroatoms. The summed E-state index contributed by atoms with van der Waals surface area (Å²) in [6.07, 6.45) is 0. The van der Waals surface area contributed by atoms with E-state index in [0.717, 1.165) is 11.5 Å². The summed E-state index contributed by atoms with van der Waals surface area (Å²) >= 11 is 7.00. The molecule has 1 aromatic carbocycles. The molecule has 2 rings (SSSR count). The summed E-state index contributed by atoms with van der Waals surface area (Å²) in [7, 11) is -4.02. The summed E-state index contributed by atoms with van der Waals surface area (Å²) in [5.74, 6) is -0.712. The zero-order chi connectivity index (χ0) is 14.9. The predicted molar refractivity (Wildman–Crippen MR) is 77.7 cm³/mol. The van der Waals surface area contributed by atoms with E-state index in [1.54, 1.807) is 26.0 Å². The first-order valence-electron chi connectivity index (χ1n) is 5.56. The minimum Gasteiger partial charge on any atom is -0.268 e. The fourth-order valence-electron chi connectivity index (χ4n) is 1.70. The fourth-order valence-corrected chi connectivity index (χ4v) is 4.19. The van der Waals surface area contributed by atoms with Gasteiger partial charge in [-0.3, -0.25) is 4.79 Å². The molecule has 0 aliphatic rings. The van der Waals surface area contributed by atoms with E-state index in [1.165, 1.54) is 11.4 Å². The lowest BCUT2D eigenvalue weighted by Gasteiger charge is -2.10. The molecule has 5 nitrogen and oxygen atoms in total. The van der Waals surface area contributed by atoms with Crippen LogP contribution in [0.4, 0.5) is 0 Å². The Labute approximate surface area is 125 Å². The van der Waals surface area contributed by atoms with Crippen LogP contribution in [0.15, 0.2) is 28.5 Å². The number of carbonyl (C=O) groups excluding carboxylic acids is 1. The Hall–Kier alpha value is -1.44. The predicted octanol–water partition coefficient (Wildman–Crippen LogP) is 2.53. The van der Waals surface area contributed by atoms with Crippen molar-refractivity contribution in [3.63, 3.8) is 0 Å². The molecule has 20 heavy (non-hydrogen) atoms. The van der Waals surface area contributed by atoms with Crippen molar-refractivity contribution in [2.24, 2.45) is 0 Å². The van der Waals surface area contributed by atoms with Gasteiger partial charge in [-0.25, -0.2) is 13.1 Å². The highest BCUT2D eigenvalue weighted by molar-refractivity contribution is 7.90. The van der Waals surface area contributed by atoms with Crippen molar-refractivity contribution in [1.29, 1.82) is 0 Å². The maximum absolute atomic E-state index is 12.3. The number of amides is 1. The summed E-state index contributed by atoms with van der Waals surface area (Å²) in [6.45, 7) is 3.25. The van der Waals surface area contributed by atoms with E-state index < -0.39 is 15.9 Å². The van der Waals surface area contributed by atoms with E-state index in [0.29, 0.717) is 11.3 Å². The number of carbonyl (C=O) groups is 1. The second-order valence-electron chi connectivity index (χ2n) is 4.13. The molecule has 0 radical (unpaired) electrons. The zero-order valence-electron chi connectivity index (χ0n) is 10.7. The van der Waals surface area contributed by atoms with E-state index >= 15 is 0 Å². The molecule has 0 fully saturated rings. The highest BCUT2D eigenvalue weighted by Gasteiger charge is 2.24. The van der Waals surface area contributed by atoms with Crippen LogP contribution < -0.4 is 4.72 Å². The highest BCUT2D eigenvalue weighted by atomic mass is 35.5. The number of hydrogen-bond donors (Lipinski definition) is 1. The first-order valence-corrected chi connectivity index (χ1v) is 8.26. The molecule has 0 saturated heterocycles. The third-order valence-corrected chi connectivity index (χ3v) is 5.34. The van der Waals surface area contributed by atoms with Gasteiger partial charge in [-0.15, -0.1) is 0 Å². The standard InChI is InChI=1S/C12H11ClN2O3S2/c1-7-4-3-5-10(13)11(7)20(17,18)15-12(16)9-6-19-14-8(9)2/h3-6H,1-2H3,(H,15,16). The molecular weight excluding hydrogens is 320 g/mol. The van der Waals surface area contributed by atoms with E-state index in [9.17, 15) is 13.2 Å². The summed E-state index contributed by atoms with van der Waals surface area (Å²) in [5.41, 5.74) is 1.19. The van der Waals surface area contributed by atoms with Gasteiger partial charge in [0.2, 0.25) is 0 Å². The van der Waals surface area contributed by atoms with Crippen molar-refractivity contribution in [3.8, 4) is 0 Å². The number of sulfonamides is 1. The van der Waals surface area contributed by atoms with Crippen LogP contribution in [0, 0.1) is 13.8 Å². The van der Waals surface area contributed by atoms with E-state index in [1.807, 2.05) is 4.72 Å². The minimum absolute atomic E-state index is 0.0745. The first-order chi connectivity index (χ1) is 9.33. The SMILES string of the molecule is Cc1cccc(Cl)c1S(=O)(=O)NC(=O)c1csnc1C. The van der Waals surface area contributed by atoms with Gasteiger partial charge in [-0.05, 0) is 37.0 Å². The van der Waals surface area contributed by atoms with Gasteiger partial charge in [-0.1, -0.05) is 23.7 Å². The normalized spacial score (nSPS) is 11.3. The maximum Gasteiger partial charge on any atom is 0.267 e. The lowest BCUT2D eigenvalue weighted by Crippen LogP contribution is -2.31. The molecule has 0 atom stereocenters. The number of hydrogen-bond acceptors (Lipinski definition) is 5.